The van der Waals surface area contributed by atoms with Crippen LogP contribution in [0.4, 0.5) is 0 Å². The maximum absolute atomic E-state index is 13.0. The molecule has 3 aromatic heterocycles. The fourth-order valence-electron chi connectivity index (χ4n) is 3.38. The van der Waals surface area contributed by atoms with E-state index in [1.54, 1.807) is 12.4 Å². The summed E-state index contributed by atoms with van der Waals surface area (Å²) in [5.41, 5.74) is 0.155. The summed E-state index contributed by atoms with van der Waals surface area (Å²) in [7, 11) is 4.77. The molecule has 1 aromatic carbocycles. The van der Waals surface area contributed by atoms with Crippen LogP contribution >= 0.6 is 0 Å². The Morgan fingerprint density at radius 1 is 1.00 bits per heavy atom. The first kappa shape index (κ1) is 19.3. The molecule has 0 radical (unpaired) electrons. The van der Waals surface area contributed by atoms with E-state index in [0.29, 0.717) is 5.82 Å². The summed E-state index contributed by atoms with van der Waals surface area (Å²) >= 11 is 0. The van der Waals surface area contributed by atoms with Gasteiger partial charge in [-0.05, 0) is 17.7 Å². The lowest BCUT2D eigenvalue weighted by Gasteiger charge is -2.19. The summed E-state index contributed by atoms with van der Waals surface area (Å²) in [6, 6.07) is 12.0. The van der Waals surface area contributed by atoms with Crippen LogP contribution in [0, 0.1) is 0 Å². The van der Waals surface area contributed by atoms with Crippen molar-refractivity contribution in [3.63, 3.8) is 0 Å². The van der Waals surface area contributed by atoms with Gasteiger partial charge < -0.3 is 9.88 Å². The zero-order valence-electron chi connectivity index (χ0n) is 16.7. The summed E-state index contributed by atoms with van der Waals surface area (Å²) in [6.07, 6.45) is 3.47. The van der Waals surface area contributed by atoms with Gasteiger partial charge in [-0.25, -0.2) is 14.8 Å². The maximum Gasteiger partial charge on any atom is 0.332 e. The SMILES string of the molecule is Cn1ccnc1C(NC(=O)c1ccc2c(=O)n(C)c(=O)n(C)c2n1)c1ccccc1. The normalized spacial score (nSPS) is 12.1. The second kappa shape index (κ2) is 7.43. The minimum atomic E-state index is -0.507. The first-order valence-corrected chi connectivity index (χ1v) is 9.28. The van der Waals surface area contributed by atoms with Crippen LogP contribution in [-0.2, 0) is 21.1 Å². The molecule has 1 N–H and O–H groups in total. The highest BCUT2D eigenvalue weighted by molar-refractivity contribution is 5.94. The van der Waals surface area contributed by atoms with E-state index >= 15 is 0 Å². The standard InChI is InChI=1S/C21H20N6O3/c1-25-12-11-22-18(25)16(13-7-5-4-6-8-13)24-19(28)15-10-9-14-17(23-15)26(2)21(30)27(3)20(14)29/h4-12,16H,1-3H3,(H,24,28). The Labute approximate surface area is 171 Å². The van der Waals surface area contributed by atoms with Gasteiger partial charge in [-0.3, -0.25) is 18.7 Å². The van der Waals surface area contributed by atoms with Gasteiger partial charge >= 0.3 is 5.69 Å². The van der Waals surface area contributed by atoms with Gasteiger partial charge in [0.15, 0.2) is 0 Å². The summed E-state index contributed by atoms with van der Waals surface area (Å²) in [5, 5.41) is 3.23. The Morgan fingerprint density at radius 2 is 1.73 bits per heavy atom. The predicted octanol–water partition coefficient (Wildman–Crippen LogP) is 0.885. The number of aryl methyl sites for hydroxylation is 2. The van der Waals surface area contributed by atoms with Gasteiger partial charge in [0.05, 0.1) is 5.39 Å². The number of benzene rings is 1. The smallest absolute Gasteiger partial charge is 0.332 e. The Morgan fingerprint density at radius 3 is 2.40 bits per heavy atom. The summed E-state index contributed by atoms with van der Waals surface area (Å²) in [5.74, 6) is 0.221. The second-order valence-corrected chi connectivity index (χ2v) is 6.99. The molecular weight excluding hydrogens is 384 g/mol. The van der Waals surface area contributed by atoms with Crippen molar-refractivity contribution in [2.75, 3.05) is 0 Å². The fraction of sp³-hybridized carbons (Fsp3) is 0.190. The molecule has 0 aliphatic carbocycles. The summed E-state index contributed by atoms with van der Waals surface area (Å²) in [6.45, 7) is 0. The number of aromatic nitrogens is 5. The molecule has 3 heterocycles. The molecule has 0 spiro atoms. The third-order valence-corrected chi connectivity index (χ3v) is 5.06. The Kier molecular flexibility index (Phi) is 4.78. The lowest BCUT2D eigenvalue weighted by atomic mass is 10.1. The highest BCUT2D eigenvalue weighted by Gasteiger charge is 2.22. The highest BCUT2D eigenvalue weighted by atomic mass is 16.2. The van der Waals surface area contributed by atoms with E-state index in [4.69, 9.17) is 0 Å². The molecule has 0 aliphatic rings. The van der Waals surface area contributed by atoms with E-state index in [9.17, 15) is 14.4 Å². The number of carbonyl (C=O) groups is 1. The van der Waals surface area contributed by atoms with Crippen molar-refractivity contribution in [1.29, 1.82) is 0 Å². The molecule has 0 aliphatic heterocycles. The number of amides is 1. The van der Waals surface area contributed by atoms with Crippen LogP contribution in [0.25, 0.3) is 11.0 Å². The van der Waals surface area contributed by atoms with Crippen LogP contribution < -0.4 is 16.6 Å². The number of nitrogens with zero attached hydrogens (tertiary/aromatic N) is 5. The van der Waals surface area contributed by atoms with Gasteiger partial charge in [-0.1, -0.05) is 30.3 Å². The number of imidazole rings is 1. The number of hydrogen-bond donors (Lipinski definition) is 1. The molecular formula is C21H20N6O3. The van der Waals surface area contributed by atoms with Gasteiger partial charge in [0.2, 0.25) is 0 Å². The number of rotatable bonds is 4. The van der Waals surface area contributed by atoms with Crippen molar-refractivity contribution in [2.45, 2.75) is 6.04 Å². The summed E-state index contributed by atoms with van der Waals surface area (Å²) < 4.78 is 4.09. The number of nitrogens with one attached hydrogen (secondary N) is 1. The first-order chi connectivity index (χ1) is 14.4. The van der Waals surface area contributed by atoms with E-state index in [0.717, 1.165) is 10.1 Å². The number of pyridine rings is 1. The van der Waals surface area contributed by atoms with Crippen LogP contribution in [0.2, 0.25) is 0 Å². The molecule has 4 rings (SSSR count). The predicted molar refractivity (Wildman–Crippen MR) is 111 cm³/mol. The van der Waals surface area contributed by atoms with Crippen LogP contribution in [0.5, 0.6) is 0 Å². The van der Waals surface area contributed by atoms with Gasteiger partial charge in [0.25, 0.3) is 11.5 Å². The van der Waals surface area contributed by atoms with Crippen molar-refractivity contribution in [1.82, 2.24) is 29.0 Å². The van der Waals surface area contributed by atoms with E-state index < -0.39 is 23.2 Å². The van der Waals surface area contributed by atoms with Gasteiger partial charge in [0, 0.05) is 33.5 Å². The number of fused-ring (bicyclic) bond motifs is 1. The zero-order valence-corrected chi connectivity index (χ0v) is 16.7. The molecule has 0 bridgehead atoms. The molecule has 152 valence electrons. The van der Waals surface area contributed by atoms with Gasteiger partial charge in [-0.15, -0.1) is 0 Å². The van der Waals surface area contributed by atoms with E-state index in [1.165, 1.54) is 30.8 Å². The Balaban J connectivity index is 1.76. The average Bonchev–Trinajstić information content (AvgIpc) is 3.20. The molecule has 0 fully saturated rings. The van der Waals surface area contributed by atoms with E-state index in [1.807, 2.05) is 41.9 Å². The fourth-order valence-corrected chi connectivity index (χ4v) is 3.38. The van der Waals surface area contributed by atoms with E-state index in [-0.39, 0.29) is 16.7 Å². The molecule has 1 atom stereocenters. The second-order valence-electron chi connectivity index (χ2n) is 6.99. The van der Waals surface area contributed by atoms with Crippen LogP contribution in [-0.4, -0.2) is 29.6 Å². The molecule has 0 saturated carbocycles. The average molecular weight is 404 g/mol. The summed E-state index contributed by atoms with van der Waals surface area (Å²) in [4.78, 5) is 46.3. The van der Waals surface area contributed by atoms with Crippen LogP contribution in [0.1, 0.15) is 27.9 Å². The minimum absolute atomic E-state index is 0.0980. The molecule has 4 aromatic rings. The molecule has 30 heavy (non-hydrogen) atoms. The van der Waals surface area contributed by atoms with Crippen molar-refractivity contribution in [3.05, 3.63) is 92.8 Å². The van der Waals surface area contributed by atoms with Gasteiger partial charge in [0.1, 0.15) is 23.2 Å². The minimum Gasteiger partial charge on any atom is -0.337 e. The van der Waals surface area contributed by atoms with Crippen molar-refractivity contribution >= 4 is 16.9 Å². The topological polar surface area (TPSA) is 104 Å². The monoisotopic (exact) mass is 404 g/mol. The molecule has 9 heteroatoms. The highest BCUT2D eigenvalue weighted by Crippen LogP contribution is 2.21. The molecule has 1 amide bonds. The van der Waals surface area contributed by atoms with Crippen molar-refractivity contribution in [3.8, 4) is 0 Å². The number of carbonyl (C=O) groups excluding carboxylic acids is 1. The quantitative estimate of drug-likeness (QED) is 0.544. The third-order valence-electron chi connectivity index (χ3n) is 5.06. The van der Waals surface area contributed by atoms with Crippen LogP contribution in [0.3, 0.4) is 0 Å². The van der Waals surface area contributed by atoms with Gasteiger partial charge in [-0.2, -0.15) is 0 Å². The zero-order chi connectivity index (χ0) is 21.4. The Bertz CT molecular complexity index is 1370. The number of hydrogen-bond acceptors (Lipinski definition) is 5. The van der Waals surface area contributed by atoms with E-state index in [2.05, 4.69) is 15.3 Å². The largest absolute Gasteiger partial charge is 0.337 e. The molecule has 1 unspecified atom stereocenters. The first-order valence-electron chi connectivity index (χ1n) is 9.28. The molecule has 9 nitrogen and oxygen atoms in total. The third kappa shape index (κ3) is 3.20. The lowest BCUT2D eigenvalue weighted by molar-refractivity contribution is 0.0936. The van der Waals surface area contributed by atoms with Crippen molar-refractivity contribution in [2.24, 2.45) is 21.1 Å². The van der Waals surface area contributed by atoms with Crippen molar-refractivity contribution < 1.29 is 4.79 Å². The molecule has 0 saturated heterocycles. The van der Waals surface area contributed by atoms with Crippen LogP contribution in [0.15, 0.2) is 64.4 Å². The maximum atomic E-state index is 13.0. The lowest BCUT2D eigenvalue weighted by Crippen LogP contribution is -2.37. The Hall–Kier alpha value is -4.01.